The van der Waals surface area contributed by atoms with Gasteiger partial charge in [0.25, 0.3) is 5.91 Å². The van der Waals surface area contributed by atoms with Crippen molar-refractivity contribution < 1.29 is 14.3 Å². The predicted octanol–water partition coefficient (Wildman–Crippen LogP) is 3.46. The van der Waals surface area contributed by atoms with Crippen molar-refractivity contribution in [2.24, 2.45) is 0 Å². The van der Waals surface area contributed by atoms with E-state index in [4.69, 9.17) is 9.47 Å². The first-order chi connectivity index (χ1) is 11.6. The number of aryl methyl sites for hydroxylation is 1. The van der Waals surface area contributed by atoms with Crippen molar-refractivity contribution in [2.45, 2.75) is 45.3 Å². The van der Waals surface area contributed by atoms with Crippen LogP contribution >= 0.6 is 0 Å². The summed E-state index contributed by atoms with van der Waals surface area (Å²) in [6.07, 6.45) is 4.62. The van der Waals surface area contributed by atoms with Crippen molar-refractivity contribution in [1.29, 1.82) is 0 Å². The first kappa shape index (κ1) is 16.9. The van der Waals surface area contributed by atoms with E-state index < -0.39 is 6.10 Å². The lowest BCUT2D eigenvalue weighted by molar-refractivity contribution is -0.130. The largest absolute Gasteiger partial charge is 0.376 e. The zero-order valence-corrected chi connectivity index (χ0v) is 14.2. The number of amides is 1. The van der Waals surface area contributed by atoms with Gasteiger partial charge in [0, 0.05) is 18.2 Å². The molecule has 1 saturated heterocycles. The molecule has 1 amide bonds. The Labute approximate surface area is 142 Å². The van der Waals surface area contributed by atoms with E-state index in [9.17, 15) is 4.79 Å². The van der Waals surface area contributed by atoms with Crippen molar-refractivity contribution in [1.82, 2.24) is 4.98 Å². The number of hydrogen-bond donors (Lipinski definition) is 1. The molecule has 0 radical (unpaired) electrons. The van der Waals surface area contributed by atoms with Crippen LogP contribution in [0.1, 0.15) is 31.7 Å². The molecule has 2 aromatic rings. The lowest BCUT2D eigenvalue weighted by Crippen LogP contribution is -2.32. The monoisotopic (exact) mass is 328 g/mol. The minimum Gasteiger partial charge on any atom is -0.376 e. The van der Waals surface area contributed by atoms with Gasteiger partial charge in [0.05, 0.1) is 23.9 Å². The highest BCUT2D eigenvalue weighted by molar-refractivity contribution is 6.03. The Balaban J connectivity index is 1.63. The van der Waals surface area contributed by atoms with Gasteiger partial charge in [-0.15, -0.1) is 0 Å². The summed E-state index contributed by atoms with van der Waals surface area (Å²) in [5.41, 5.74) is 2.75. The maximum absolute atomic E-state index is 12.4. The van der Waals surface area contributed by atoms with Gasteiger partial charge in [-0.2, -0.15) is 0 Å². The van der Waals surface area contributed by atoms with Crippen LogP contribution in [0, 0.1) is 6.92 Å². The van der Waals surface area contributed by atoms with Crippen molar-refractivity contribution in [3.05, 3.63) is 36.0 Å². The molecule has 0 unspecified atom stereocenters. The minimum absolute atomic E-state index is 0.110. The fourth-order valence-corrected chi connectivity index (χ4v) is 2.92. The Morgan fingerprint density at radius 2 is 2.29 bits per heavy atom. The molecule has 24 heavy (non-hydrogen) atoms. The van der Waals surface area contributed by atoms with Gasteiger partial charge < -0.3 is 14.8 Å². The second kappa shape index (κ2) is 7.73. The van der Waals surface area contributed by atoms with Crippen molar-refractivity contribution in [3.63, 3.8) is 0 Å². The van der Waals surface area contributed by atoms with Gasteiger partial charge in [0.15, 0.2) is 0 Å². The van der Waals surface area contributed by atoms with Crippen molar-refractivity contribution in [2.75, 3.05) is 18.5 Å². The first-order valence-corrected chi connectivity index (χ1v) is 8.53. The smallest absolute Gasteiger partial charge is 0.253 e. The Bertz CT molecular complexity index is 711. The number of aromatic nitrogens is 1. The Hall–Kier alpha value is -1.98. The van der Waals surface area contributed by atoms with E-state index in [-0.39, 0.29) is 12.0 Å². The Morgan fingerprint density at radius 1 is 1.42 bits per heavy atom. The van der Waals surface area contributed by atoms with E-state index in [2.05, 4.69) is 10.3 Å². The topological polar surface area (TPSA) is 60.5 Å². The summed E-state index contributed by atoms with van der Waals surface area (Å²) in [6.45, 7) is 5.03. The molecule has 0 spiro atoms. The molecule has 0 bridgehead atoms. The van der Waals surface area contributed by atoms with E-state index in [1.54, 1.807) is 13.1 Å². The molecule has 128 valence electrons. The van der Waals surface area contributed by atoms with Crippen LogP contribution in [0.25, 0.3) is 10.9 Å². The van der Waals surface area contributed by atoms with E-state index in [1.165, 1.54) is 0 Å². The van der Waals surface area contributed by atoms with E-state index in [0.717, 1.165) is 48.0 Å². The first-order valence-electron chi connectivity index (χ1n) is 8.53. The summed E-state index contributed by atoms with van der Waals surface area (Å²) < 4.78 is 11.3. The van der Waals surface area contributed by atoms with Crippen LogP contribution in [0.5, 0.6) is 0 Å². The lowest BCUT2D eigenvalue weighted by Gasteiger charge is -2.24. The number of nitrogens with one attached hydrogen (secondary N) is 1. The quantitative estimate of drug-likeness (QED) is 0.913. The molecule has 0 saturated carbocycles. The molecule has 1 aliphatic rings. The van der Waals surface area contributed by atoms with Crippen LogP contribution in [0.4, 0.5) is 5.69 Å². The van der Waals surface area contributed by atoms with E-state index in [0.29, 0.717) is 6.61 Å². The predicted molar refractivity (Wildman–Crippen MR) is 94.1 cm³/mol. The lowest BCUT2D eigenvalue weighted by atomic mass is 10.1. The van der Waals surface area contributed by atoms with Crippen molar-refractivity contribution in [3.8, 4) is 0 Å². The minimum atomic E-state index is -0.524. The molecule has 1 fully saturated rings. The highest BCUT2D eigenvalue weighted by atomic mass is 16.5. The van der Waals surface area contributed by atoms with Crippen molar-refractivity contribution >= 4 is 22.5 Å². The number of carbonyl (C=O) groups is 1. The fourth-order valence-electron chi connectivity index (χ4n) is 2.92. The average molecular weight is 328 g/mol. The second-order valence-corrected chi connectivity index (χ2v) is 6.28. The summed E-state index contributed by atoms with van der Waals surface area (Å²) in [5.74, 6) is -0.153. The third-order valence-corrected chi connectivity index (χ3v) is 4.40. The average Bonchev–Trinajstić information content (AvgIpc) is 2.63. The summed E-state index contributed by atoms with van der Waals surface area (Å²) in [7, 11) is 0. The third kappa shape index (κ3) is 3.91. The van der Waals surface area contributed by atoms with E-state index in [1.807, 2.05) is 31.2 Å². The van der Waals surface area contributed by atoms with Crippen LogP contribution < -0.4 is 5.32 Å². The molecule has 3 rings (SSSR count). The number of benzene rings is 1. The van der Waals surface area contributed by atoms with Gasteiger partial charge in [0.2, 0.25) is 0 Å². The maximum Gasteiger partial charge on any atom is 0.253 e. The summed E-state index contributed by atoms with van der Waals surface area (Å²) >= 11 is 0. The van der Waals surface area contributed by atoms with Gasteiger partial charge in [-0.05, 0) is 56.9 Å². The van der Waals surface area contributed by atoms with Crippen LogP contribution in [0.2, 0.25) is 0 Å². The highest BCUT2D eigenvalue weighted by Gasteiger charge is 2.19. The molecular weight excluding hydrogens is 304 g/mol. The van der Waals surface area contributed by atoms with Gasteiger partial charge in [-0.25, -0.2) is 0 Å². The molecule has 2 heterocycles. The van der Waals surface area contributed by atoms with E-state index >= 15 is 0 Å². The van der Waals surface area contributed by atoms with Crippen LogP contribution in [-0.2, 0) is 14.3 Å². The number of hydrogen-bond acceptors (Lipinski definition) is 4. The molecule has 0 aliphatic carbocycles. The summed E-state index contributed by atoms with van der Waals surface area (Å²) in [4.78, 5) is 16.8. The summed E-state index contributed by atoms with van der Waals surface area (Å²) in [5, 5.41) is 3.89. The zero-order chi connectivity index (χ0) is 16.9. The molecule has 5 nitrogen and oxygen atoms in total. The third-order valence-electron chi connectivity index (χ3n) is 4.40. The number of carbonyl (C=O) groups excluding carboxylic acids is 1. The van der Waals surface area contributed by atoms with Gasteiger partial charge in [-0.3, -0.25) is 9.78 Å². The number of rotatable bonds is 5. The number of fused-ring (bicyclic) bond motifs is 1. The standard InChI is InChI=1S/C19H24N2O3/c1-13-8-9-17(16-7-5-10-20-18(13)16)21-19(22)14(2)24-12-15-6-3-4-11-23-15/h5,7-10,14-15H,3-4,6,11-12H2,1-2H3,(H,21,22)/t14-,15+/m0/s1. The maximum atomic E-state index is 12.4. The Kier molecular flexibility index (Phi) is 5.43. The normalized spacial score (nSPS) is 19.2. The molecule has 1 aromatic carbocycles. The van der Waals surface area contributed by atoms with Crippen LogP contribution in [-0.4, -0.2) is 36.3 Å². The number of nitrogens with zero attached hydrogens (tertiary/aromatic N) is 1. The molecular formula is C19H24N2O3. The molecule has 1 N–H and O–H groups in total. The Morgan fingerprint density at radius 3 is 3.08 bits per heavy atom. The molecule has 2 atom stereocenters. The number of pyridine rings is 1. The molecule has 1 aromatic heterocycles. The van der Waals surface area contributed by atoms with Gasteiger partial charge in [-0.1, -0.05) is 6.07 Å². The van der Waals surface area contributed by atoms with Crippen LogP contribution in [0.3, 0.4) is 0 Å². The summed E-state index contributed by atoms with van der Waals surface area (Å²) in [6, 6.07) is 7.71. The fraction of sp³-hybridized carbons (Fsp3) is 0.474. The van der Waals surface area contributed by atoms with Gasteiger partial charge in [0.1, 0.15) is 6.10 Å². The zero-order valence-electron chi connectivity index (χ0n) is 14.2. The van der Waals surface area contributed by atoms with Crippen LogP contribution in [0.15, 0.2) is 30.5 Å². The number of ether oxygens (including phenoxy) is 2. The number of anilines is 1. The SMILES string of the molecule is Cc1ccc(NC(=O)[C@H](C)OC[C@H]2CCCCO2)c2cccnc12. The van der Waals surface area contributed by atoms with Gasteiger partial charge >= 0.3 is 0 Å². The highest BCUT2D eigenvalue weighted by Crippen LogP contribution is 2.24. The molecule has 5 heteroatoms. The molecule has 1 aliphatic heterocycles. The second-order valence-electron chi connectivity index (χ2n) is 6.28.